The largest absolute Gasteiger partial charge is 0.355 e. The van der Waals surface area contributed by atoms with Crippen molar-refractivity contribution in [2.24, 2.45) is 0 Å². The van der Waals surface area contributed by atoms with E-state index in [1.165, 1.54) is 12.8 Å². The number of hydrogen-bond donors (Lipinski definition) is 2. The first-order valence-electron chi connectivity index (χ1n) is 7.38. The molecule has 0 aromatic rings. The van der Waals surface area contributed by atoms with Crippen molar-refractivity contribution in [3.63, 3.8) is 0 Å². The number of carbonyl (C=O) groups excluding carboxylic acids is 1. The number of piperidine rings is 1. The maximum Gasteiger partial charge on any atom is 0.237 e. The summed E-state index contributed by atoms with van der Waals surface area (Å²) in [7, 11) is 2.02. The molecule has 0 bridgehead atoms. The highest BCUT2D eigenvalue weighted by Gasteiger charge is 2.25. The fraction of sp³-hybridized carbons (Fsp3) is 0.929. The Kier molecular flexibility index (Phi) is 7.28. The van der Waals surface area contributed by atoms with E-state index in [2.05, 4.69) is 22.5 Å². The number of nitrogens with one attached hydrogen (secondary N) is 2. The molecule has 0 spiro atoms. The number of amides is 1. The van der Waals surface area contributed by atoms with Crippen LogP contribution in [0.3, 0.4) is 0 Å². The van der Waals surface area contributed by atoms with Crippen LogP contribution < -0.4 is 10.6 Å². The van der Waals surface area contributed by atoms with Crippen molar-refractivity contribution in [1.29, 1.82) is 0 Å². The molecule has 1 rings (SSSR count). The zero-order valence-electron chi connectivity index (χ0n) is 12.2. The molecular formula is C14H29N3O. The van der Waals surface area contributed by atoms with Gasteiger partial charge in [0.2, 0.25) is 5.91 Å². The fourth-order valence-corrected chi connectivity index (χ4v) is 2.48. The lowest BCUT2D eigenvalue weighted by Gasteiger charge is -2.35. The highest BCUT2D eigenvalue weighted by atomic mass is 16.2. The third-order valence-electron chi connectivity index (χ3n) is 3.94. The standard InChI is InChI=1S/C14H29N3O/c1-4-5-6-9-16-14(18)12(2)17-10-7-13(15-3)8-11-17/h12-13,15H,4-11H2,1-3H3,(H,16,18). The van der Waals surface area contributed by atoms with Crippen LogP contribution in [0.2, 0.25) is 0 Å². The summed E-state index contributed by atoms with van der Waals surface area (Å²) in [5.41, 5.74) is 0. The number of likely N-dealkylation sites (tertiary alicyclic amines) is 1. The predicted molar refractivity (Wildman–Crippen MR) is 75.7 cm³/mol. The summed E-state index contributed by atoms with van der Waals surface area (Å²) in [5.74, 6) is 0.189. The molecule has 0 saturated carbocycles. The first-order valence-corrected chi connectivity index (χ1v) is 7.38. The van der Waals surface area contributed by atoms with Gasteiger partial charge in [0.15, 0.2) is 0 Å². The number of hydrogen-bond acceptors (Lipinski definition) is 3. The van der Waals surface area contributed by atoms with Crippen LogP contribution in [0.1, 0.15) is 46.0 Å². The van der Waals surface area contributed by atoms with Gasteiger partial charge in [-0.25, -0.2) is 0 Å². The molecule has 1 amide bonds. The minimum absolute atomic E-state index is 0.0180. The van der Waals surface area contributed by atoms with E-state index in [1.807, 2.05) is 14.0 Å². The molecule has 0 aromatic heterocycles. The molecule has 1 saturated heterocycles. The second-order valence-corrected chi connectivity index (χ2v) is 5.27. The molecule has 1 fully saturated rings. The van der Waals surface area contributed by atoms with Gasteiger partial charge < -0.3 is 10.6 Å². The molecule has 0 aliphatic carbocycles. The SMILES string of the molecule is CCCCCNC(=O)C(C)N1CCC(NC)CC1. The van der Waals surface area contributed by atoms with Gasteiger partial charge in [-0.3, -0.25) is 9.69 Å². The second kappa shape index (κ2) is 8.48. The molecule has 0 radical (unpaired) electrons. The molecular weight excluding hydrogens is 226 g/mol. The average molecular weight is 255 g/mol. The number of carbonyl (C=O) groups is 1. The first-order chi connectivity index (χ1) is 8.69. The van der Waals surface area contributed by atoms with E-state index in [-0.39, 0.29) is 11.9 Å². The van der Waals surface area contributed by atoms with Gasteiger partial charge in [-0.1, -0.05) is 19.8 Å². The highest BCUT2D eigenvalue weighted by molar-refractivity contribution is 5.81. The third kappa shape index (κ3) is 4.94. The van der Waals surface area contributed by atoms with Gasteiger partial charge in [0, 0.05) is 25.7 Å². The molecule has 4 nitrogen and oxygen atoms in total. The van der Waals surface area contributed by atoms with Crippen molar-refractivity contribution in [3.8, 4) is 0 Å². The van der Waals surface area contributed by atoms with Crippen molar-refractivity contribution in [2.45, 2.75) is 58.0 Å². The Morgan fingerprint density at radius 2 is 2.00 bits per heavy atom. The molecule has 4 heteroatoms. The van der Waals surface area contributed by atoms with E-state index >= 15 is 0 Å². The second-order valence-electron chi connectivity index (χ2n) is 5.27. The maximum atomic E-state index is 12.0. The van der Waals surface area contributed by atoms with E-state index in [0.717, 1.165) is 38.9 Å². The van der Waals surface area contributed by atoms with Crippen molar-refractivity contribution < 1.29 is 4.79 Å². The van der Waals surface area contributed by atoms with Crippen LogP contribution in [-0.4, -0.2) is 49.6 Å². The Labute approximate surface area is 111 Å². The lowest BCUT2D eigenvalue weighted by molar-refractivity contribution is -0.126. The summed E-state index contributed by atoms with van der Waals surface area (Å²) in [6.07, 6.45) is 5.77. The van der Waals surface area contributed by atoms with Gasteiger partial charge in [0.05, 0.1) is 6.04 Å². The molecule has 2 N–H and O–H groups in total. The lowest BCUT2D eigenvalue weighted by Crippen LogP contribution is -2.50. The zero-order valence-corrected chi connectivity index (χ0v) is 12.2. The molecule has 1 aliphatic rings. The van der Waals surface area contributed by atoms with Gasteiger partial charge in [-0.2, -0.15) is 0 Å². The summed E-state index contributed by atoms with van der Waals surface area (Å²) >= 11 is 0. The van der Waals surface area contributed by atoms with Crippen LogP contribution in [0.15, 0.2) is 0 Å². The van der Waals surface area contributed by atoms with E-state index in [4.69, 9.17) is 0 Å². The average Bonchev–Trinajstić information content (AvgIpc) is 2.42. The van der Waals surface area contributed by atoms with Gasteiger partial charge >= 0.3 is 0 Å². The maximum absolute atomic E-state index is 12.0. The summed E-state index contributed by atoms with van der Waals surface area (Å²) in [6.45, 7) is 7.07. The van der Waals surface area contributed by atoms with Gasteiger partial charge in [-0.15, -0.1) is 0 Å². The third-order valence-corrected chi connectivity index (χ3v) is 3.94. The minimum atomic E-state index is 0.0180. The number of rotatable bonds is 7. The topological polar surface area (TPSA) is 44.4 Å². The Bertz CT molecular complexity index is 237. The van der Waals surface area contributed by atoms with Crippen LogP contribution in [0.5, 0.6) is 0 Å². The molecule has 1 atom stereocenters. The van der Waals surface area contributed by atoms with Gasteiger partial charge in [0.1, 0.15) is 0 Å². The van der Waals surface area contributed by atoms with E-state index in [0.29, 0.717) is 6.04 Å². The Morgan fingerprint density at radius 1 is 1.33 bits per heavy atom. The molecule has 1 aliphatic heterocycles. The Morgan fingerprint density at radius 3 is 2.56 bits per heavy atom. The quantitative estimate of drug-likeness (QED) is 0.675. The van der Waals surface area contributed by atoms with Crippen molar-refractivity contribution in [2.75, 3.05) is 26.7 Å². The number of nitrogens with zero attached hydrogens (tertiary/aromatic N) is 1. The molecule has 0 aromatic carbocycles. The van der Waals surface area contributed by atoms with Crippen LogP contribution in [-0.2, 0) is 4.79 Å². The van der Waals surface area contributed by atoms with Crippen molar-refractivity contribution >= 4 is 5.91 Å². The summed E-state index contributed by atoms with van der Waals surface area (Å²) in [6, 6.07) is 0.644. The summed E-state index contributed by atoms with van der Waals surface area (Å²) in [4.78, 5) is 14.3. The molecule has 1 heterocycles. The van der Waals surface area contributed by atoms with Crippen molar-refractivity contribution in [3.05, 3.63) is 0 Å². The van der Waals surface area contributed by atoms with Crippen LogP contribution in [0.4, 0.5) is 0 Å². The summed E-state index contributed by atoms with van der Waals surface area (Å²) < 4.78 is 0. The van der Waals surface area contributed by atoms with E-state index < -0.39 is 0 Å². The van der Waals surface area contributed by atoms with E-state index in [1.54, 1.807) is 0 Å². The number of unbranched alkanes of at least 4 members (excludes halogenated alkanes) is 2. The van der Waals surface area contributed by atoms with Crippen molar-refractivity contribution in [1.82, 2.24) is 15.5 Å². The van der Waals surface area contributed by atoms with E-state index in [9.17, 15) is 4.79 Å². The van der Waals surface area contributed by atoms with Gasteiger partial charge in [0.25, 0.3) is 0 Å². The Hall–Kier alpha value is -0.610. The predicted octanol–water partition coefficient (Wildman–Crippen LogP) is 1.37. The molecule has 18 heavy (non-hydrogen) atoms. The fourth-order valence-electron chi connectivity index (χ4n) is 2.48. The normalized spacial score (nSPS) is 19.7. The smallest absolute Gasteiger partial charge is 0.237 e. The van der Waals surface area contributed by atoms with Crippen LogP contribution in [0, 0.1) is 0 Å². The first kappa shape index (κ1) is 15.4. The molecule has 106 valence electrons. The summed E-state index contributed by atoms with van der Waals surface area (Å²) in [5, 5.41) is 6.36. The molecule has 1 unspecified atom stereocenters. The van der Waals surface area contributed by atoms with Crippen LogP contribution in [0.25, 0.3) is 0 Å². The van der Waals surface area contributed by atoms with Gasteiger partial charge in [-0.05, 0) is 33.2 Å². The monoisotopic (exact) mass is 255 g/mol. The van der Waals surface area contributed by atoms with Crippen LogP contribution >= 0.6 is 0 Å². The minimum Gasteiger partial charge on any atom is -0.355 e. The highest BCUT2D eigenvalue weighted by Crippen LogP contribution is 2.12. The zero-order chi connectivity index (χ0) is 13.4. The lowest BCUT2D eigenvalue weighted by atomic mass is 10.0. The Balaban J connectivity index is 2.22.